The van der Waals surface area contributed by atoms with Crippen molar-refractivity contribution in [1.29, 1.82) is 0 Å². The summed E-state index contributed by atoms with van der Waals surface area (Å²) < 4.78 is 0. The van der Waals surface area contributed by atoms with E-state index in [4.69, 9.17) is 5.73 Å². The highest BCUT2D eigenvalue weighted by molar-refractivity contribution is 6.27. The number of hydrogen-bond acceptors (Lipinski definition) is 6. The molecule has 23 heavy (non-hydrogen) atoms. The first-order chi connectivity index (χ1) is 11.3. The van der Waals surface area contributed by atoms with Gasteiger partial charge in [-0.3, -0.25) is 14.8 Å². The molecule has 0 aliphatic heterocycles. The van der Waals surface area contributed by atoms with Gasteiger partial charge in [-0.25, -0.2) is 9.97 Å². The zero-order valence-electron chi connectivity index (χ0n) is 12.1. The van der Waals surface area contributed by atoms with Gasteiger partial charge >= 0.3 is 0 Å². The first-order valence-corrected chi connectivity index (χ1v) is 6.91. The Morgan fingerprint density at radius 2 is 1.78 bits per heavy atom. The van der Waals surface area contributed by atoms with Crippen LogP contribution < -0.4 is 5.73 Å². The topological polar surface area (TPSA) is 94.7 Å². The highest BCUT2D eigenvalue weighted by Crippen LogP contribution is 2.19. The number of aromatic nitrogens is 4. The van der Waals surface area contributed by atoms with E-state index in [1.165, 1.54) is 6.20 Å². The number of pyridine rings is 2. The second kappa shape index (κ2) is 6.57. The summed E-state index contributed by atoms with van der Waals surface area (Å²) >= 11 is 0. The maximum absolute atomic E-state index is 12.5. The normalized spacial score (nSPS) is 11.2. The summed E-state index contributed by atoms with van der Waals surface area (Å²) in [5, 5.41) is 0. The molecule has 0 aromatic carbocycles. The van der Waals surface area contributed by atoms with E-state index in [9.17, 15) is 4.79 Å². The SMILES string of the molecule is NC=C(C(=O)c1ccccn1)c1nccc(-c2ccncc2)n1. The Kier molecular flexibility index (Phi) is 4.15. The molecule has 0 saturated heterocycles. The maximum atomic E-state index is 12.5. The van der Waals surface area contributed by atoms with Crippen molar-refractivity contribution in [2.45, 2.75) is 0 Å². The summed E-state index contributed by atoms with van der Waals surface area (Å²) in [6.45, 7) is 0. The van der Waals surface area contributed by atoms with Crippen LogP contribution in [0.15, 0.2) is 67.4 Å². The number of allylic oxidation sites excluding steroid dienone is 1. The third-order valence-corrected chi connectivity index (χ3v) is 3.18. The minimum absolute atomic E-state index is 0.208. The van der Waals surface area contributed by atoms with Gasteiger partial charge < -0.3 is 5.73 Å². The van der Waals surface area contributed by atoms with Crippen LogP contribution >= 0.6 is 0 Å². The zero-order valence-corrected chi connectivity index (χ0v) is 12.1. The number of hydrogen-bond donors (Lipinski definition) is 1. The van der Waals surface area contributed by atoms with E-state index in [1.807, 2.05) is 12.1 Å². The molecule has 6 nitrogen and oxygen atoms in total. The van der Waals surface area contributed by atoms with Gasteiger partial charge in [-0.15, -0.1) is 0 Å². The molecule has 2 N–H and O–H groups in total. The summed E-state index contributed by atoms with van der Waals surface area (Å²) in [6, 6.07) is 10.5. The molecule has 0 fully saturated rings. The van der Waals surface area contributed by atoms with Crippen LogP contribution in [0.25, 0.3) is 16.8 Å². The third-order valence-electron chi connectivity index (χ3n) is 3.18. The van der Waals surface area contributed by atoms with Crippen LogP contribution in [-0.4, -0.2) is 25.7 Å². The van der Waals surface area contributed by atoms with Crippen LogP contribution in [0.5, 0.6) is 0 Å². The Morgan fingerprint density at radius 3 is 2.48 bits per heavy atom. The predicted molar refractivity (Wildman–Crippen MR) is 86.0 cm³/mol. The Labute approximate surface area is 132 Å². The van der Waals surface area contributed by atoms with Crippen molar-refractivity contribution in [2.75, 3.05) is 0 Å². The van der Waals surface area contributed by atoms with E-state index in [0.29, 0.717) is 11.4 Å². The van der Waals surface area contributed by atoms with Gasteiger partial charge in [0.25, 0.3) is 0 Å². The summed E-state index contributed by atoms with van der Waals surface area (Å²) in [6.07, 6.45) is 7.71. The second-order valence-corrected chi connectivity index (χ2v) is 4.63. The Bertz CT molecular complexity index is 847. The van der Waals surface area contributed by atoms with Gasteiger partial charge in [0.15, 0.2) is 5.82 Å². The molecular weight excluding hydrogens is 290 g/mol. The Morgan fingerprint density at radius 1 is 0.957 bits per heavy atom. The number of rotatable bonds is 4. The predicted octanol–water partition coefficient (Wildman–Crippen LogP) is 2.12. The van der Waals surface area contributed by atoms with Crippen LogP contribution in [0, 0.1) is 0 Å². The van der Waals surface area contributed by atoms with Gasteiger partial charge in [-0.05, 0) is 30.3 Å². The Hall–Kier alpha value is -3.41. The summed E-state index contributed by atoms with van der Waals surface area (Å²) in [5.41, 5.74) is 7.70. The van der Waals surface area contributed by atoms with Gasteiger partial charge in [-0.1, -0.05) is 6.07 Å². The molecule has 0 unspecified atom stereocenters. The molecule has 112 valence electrons. The van der Waals surface area contributed by atoms with E-state index in [-0.39, 0.29) is 17.2 Å². The molecule has 3 heterocycles. The minimum atomic E-state index is -0.319. The molecule has 0 aliphatic rings. The molecule has 0 radical (unpaired) electrons. The van der Waals surface area contributed by atoms with Gasteiger partial charge in [0, 0.05) is 36.6 Å². The summed E-state index contributed by atoms with van der Waals surface area (Å²) in [5.74, 6) is -0.0579. The fourth-order valence-corrected chi connectivity index (χ4v) is 2.06. The molecule has 0 bridgehead atoms. The first-order valence-electron chi connectivity index (χ1n) is 6.91. The quantitative estimate of drug-likeness (QED) is 0.586. The summed E-state index contributed by atoms with van der Waals surface area (Å²) in [4.78, 5) is 29.1. The van der Waals surface area contributed by atoms with Crippen molar-refractivity contribution in [3.63, 3.8) is 0 Å². The van der Waals surface area contributed by atoms with Crippen LogP contribution in [-0.2, 0) is 0 Å². The van der Waals surface area contributed by atoms with Gasteiger partial charge in [0.2, 0.25) is 5.78 Å². The number of nitrogens with zero attached hydrogens (tertiary/aromatic N) is 4. The number of nitrogens with two attached hydrogens (primary N) is 1. The van der Waals surface area contributed by atoms with Crippen LogP contribution in [0.3, 0.4) is 0 Å². The van der Waals surface area contributed by atoms with Crippen molar-refractivity contribution in [2.24, 2.45) is 5.73 Å². The van der Waals surface area contributed by atoms with Gasteiger partial charge in [0.1, 0.15) is 5.69 Å². The molecule has 6 heteroatoms. The lowest BCUT2D eigenvalue weighted by Gasteiger charge is -2.06. The zero-order chi connectivity index (χ0) is 16.1. The molecular formula is C17H13N5O. The van der Waals surface area contributed by atoms with Gasteiger partial charge in [0.05, 0.1) is 11.3 Å². The average Bonchev–Trinajstić information content (AvgIpc) is 2.64. The highest BCUT2D eigenvalue weighted by atomic mass is 16.1. The van der Waals surface area contributed by atoms with Crippen molar-refractivity contribution in [1.82, 2.24) is 19.9 Å². The minimum Gasteiger partial charge on any atom is -0.404 e. The number of carbonyl (C=O) groups is 1. The van der Waals surface area contributed by atoms with Crippen molar-refractivity contribution < 1.29 is 4.79 Å². The number of carbonyl (C=O) groups excluding carboxylic acids is 1. The van der Waals surface area contributed by atoms with Crippen molar-refractivity contribution in [3.05, 3.63) is 78.9 Å². The molecule has 3 aromatic heterocycles. The standard InChI is InChI=1S/C17H13N5O/c18-11-13(16(23)15-3-1-2-7-20-15)17-21-10-6-14(22-17)12-4-8-19-9-5-12/h1-11H,18H2. The van der Waals surface area contributed by atoms with E-state index in [1.54, 1.807) is 49.1 Å². The fourth-order valence-electron chi connectivity index (χ4n) is 2.06. The van der Waals surface area contributed by atoms with Crippen LogP contribution in [0.1, 0.15) is 16.3 Å². The lowest BCUT2D eigenvalue weighted by atomic mass is 10.1. The Balaban J connectivity index is 1.99. The molecule has 0 aliphatic carbocycles. The van der Waals surface area contributed by atoms with Crippen molar-refractivity contribution >= 4 is 11.4 Å². The van der Waals surface area contributed by atoms with E-state index >= 15 is 0 Å². The van der Waals surface area contributed by atoms with E-state index in [2.05, 4.69) is 19.9 Å². The third kappa shape index (κ3) is 3.11. The van der Waals surface area contributed by atoms with Crippen LogP contribution in [0.2, 0.25) is 0 Å². The lowest BCUT2D eigenvalue weighted by molar-refractivity contribution is 0.105. The average molecular weight is 303 g/mol. The second-order valence-electron chi connectivity index (χ2n) is 4.63. The molecule has 0 amide bonds. The largest absolute Gasteiger partial charge is 0.404 e. The van der Waals surface area contributed by atoms with E-state index in [0.717, 1.165) is 5.56 Å². The smallest absolute Gasteiger partial charge is 0.216 e. The van der Waals surface area contributed by atoms with Crippen molar-refractivity contribution in [3.8, 4) is 11.3 Å². The highest BCUT2D eigenvalue weighted by Gasteiger charge is 2.18. The van der Waals surface area contributed by atoms with Gasteiger partial charge in [-0.2, -0.15) is 0 Å². The number of ketones is 1. The molecule has 3 rings (SSSR count). The molecule has 0 spiro atoms. The molecule has 0 saturated carbocycles. The van der Waals surface area contributed by atoms with E-state index < -0.39 is 0 Å². The maximum Gasteiger partial charge on any atom is 0.216 e. The molecule has 0 atom stereocenters. The molecule has 3 aromatic rings. The van der Waals surface area contributed by atoms with Crippen LogP contribution in [0.4, 0.5) is 0 Å². The summed E-state index contributed by atoms with van der Waals surface area (Å²) in [7, 11) is 0. The monoisotopic (exact) mass is 303 g/mol. The lowest BCUT2D eigenvalue weighted by Crippen LogP contribution is -2.10. The number of Topliss-reactive ketones (excluding diaryl/α,β-unsaturated/α-hetero) is 1. The first kappa shape index (κ1) is 14.5. The fraction of sp³-hybridized carbons (Fsp3) is 0.